The number of rotatable bonds is 22. The Balaban J connectivity index is 0.733. The number of amides is 8. The fraction of sp³-hybridized carbons (Fsp3) is 0.333. The number of nitrogens with one attached hydrogen (secondary N) is 3. The smallest absolute Gasteiger partial charge is 0.416 e. The van der Waals surface area contributed by atoms with Gasteiger partial charge in [0.2, 0.25) is 17.7 Å². The predicted molar refractivity (Wildman–Crippen MR) is 337 cm³/mol. The van der Waals surface area contributed by atoms with Gasteiger partial charge in [-0.15, -0.1) is 0 Å². The van der Waals surface area contributed by atoms with E-state index in [1.807, 2.05) is 59.6 Å². The zero-order valence-electron chi connectivity index (χ0n) is 51.6. The topological polar surface area (TPSA) is 277 Å². The van der Waals surface area contributed by atoms with Crippen LogP contribution in [0.1, 0.15) is 106 Å². The molecule has 0 radical (unpaired) electrons. The third-order valence-corrected chi connectivity index (χ3v) is 17.0. The number of aliphatic imine (C=N–C) groups is 1. The van der Waals surface area contributed by atoms with E-state index in [1.54, 1.807) is 67.5 Å². The van der Waals surface area contributed by atoms with E-state index in [1.165, 1.54) is 51.0 Å². The zero-order chi connectivity index (χ0) is 64.7. The summed E-state index contributed by atoms with van der Waals surface area (Å²) in [5.74, 6) is -1.99. The summed E-state index contributed by atoms with van der Waals surface area (Å²) < 4.78 is 30.2. The number of unbranched alkanes of at least 4 members (excludes halogenated alkanes) is 2. The number of benzene rings is 5. The highest BCUT2D eigenvalue weighted by atomic mass is 16.6. The Hall–Kier alpha value is -10.4. The molecule has 476 valence electrons. The summed E-state index contributed by atoms with van der Waals surface area (Å²) in [5.41, 5.74) is 7.24. The number of nitrogens with zero attached hydrogens (tertiary/aromatic N) is 6. The molecule has 5 atom stereocenters. The molecule has 4 N–H and O–H groups in total. The van der Waals surface area contributed by atoms with Gasteiger partial charge in [0.15, 0.2) is 29.2 Å². The van der Waals surface area contributed by atoms with Crippen molar-refractivity contribution in [3.8, 4) is 23.0 Å². The van der Waals surface area contributed by atoms with Crippen molar-refractivity contribution in [1.82, 2.24) is 30.3 Å². The highest BCUT2D eigenvalue weighted by Gasteiger charge is 2.46. The van der Waals surface area contributed by atoms with Gasteiger partial charge < -0.3 is 54.5 Å². The van der Waals surface area contributed by atoms with Crippen LogP contribution >= 0.6 is 0 Å². The molecule has 0 saturated heterocycles. The molecule has 23 nitrogen and oxygen atoms in total. The molecule has 0 aliphatic carbocycles. The molecule has 6 heterocycles. The van der Waals surface area contributed by atoms with Crippen molar-refractivity contribution in [3.05, 3.63) is 178 Å². The minimum atomic E-state index is -1.59. The lowest BCUT2D eigenvalue weighted by Crippen LogP contribution is -2.55. The molecule has 1 aromatic heterocycles. The van der Waals surface area contributed by atoms with Crippen molar-refractivity contribution in [2.24, 2.45) is 10.9 Å². The first-order chi connectivity index (χ1) is 44.4. The van der Waals surface area contributed by atoms with Gasteiger partial charge in [0.1, 0.15) is 31.9 Å². The fourth-order valence-corrected chi connectivity index (χ4v) is 11.9. The number of methoxy groups -OCH3 is 2. The summed E-state index contributed by atoms with van der Waals surface area (Å²) in [7, 11) is 2.94. The Kier molecular flexibility index (Phi) is 19.1. The van der Waals surface area contributed by atoms with Crippen LogP contribution in [0.15, 0.2) is 133 Å². The van der Waals surface area contributed by atoms with E-state index in [9.17, 15) is 43.5 Å². The number of hydrogen-bond donors (Lipinski definition) is 4. The zero-order valence-corrected chi connectivity index (χ0v) is 51.6. The molecule has 0 saturated carbocycles. The average Bonchev–Trinajstić information content (AvgIpc) is 1.58. The summed E-state index contributed by atoms with van der Waals surface area (Å²) in [6.45, 7) is 5.68. The van der Waals surface area contributed by atoms with Crippen molar-refractivity contribution >= 4 is 70.7 Å². The number of carbonyl (C=O) groups is 8. The number of fused-ring (bicyclic) bond motifs is 6. The number of hydrogen-bond acceptors (Lipinski definition) is 16. The molecule has 0 bridgehead atoms. The van der Waals surface area contributed by atoms with Gasteiger partial charge >= 0.3 is 6.09 Å². The number of ether oxygens (including phenoxy) is 5. The minimum absolute atomic E-state index is 0.0167. The Morgan fingerprint density at radius 1 is 0.641 bits per heavy atom. The van der Waals surface area contributed by atoms with Crippen molar-refractivity contribution < 1.29 is 67.1 Å². The number of carbonyl (C=O) groups excluding carboxylic acids is 8. The van der Waals surface area contributed by atoms with E-state index in [0.717, 1.165) is 26.5 Å². The van der Waals surface area contributed by atoms with E-state index < -0.39 is 48.2 Å². The van der Waals surface area contributed by atoms with Crippen LogP contribution < -0.4 is 39.8 Å². The Labute approximate surface area is 531 Å². The molecule has 11 rings (SSSR count). The number of imide groups is 1. The van der Waals surface area contributed by atoms with Gasteiger partial charge in [-0.2, -0.15) is 0 Å². The van der Waals surface area contributed by atoms with Gasteiger partial charge in [0.25, 0.3) is 23.6 Å². The molecule has 0 spiro atoms. The van der Waals surface area contributed by atoms with Crippen LogP contribution in [0, 0.1) is 5.92 Å². The molecule has 8 amide bonds. The van der Waals surface area contributed by atoms with Gasteiger partial charge in [-0.05, 0) is 96.7 Å². The number of aliphatic hydroxyl groups excluding tert-OH is 1. The number of aliphatic hydroxyl groups is 1. The molecular weight excluding hydrogens is 1180 g/mol. The van der Waals surface area contributed by atoms with E-state index in [2.05, 4.69) is 27.0 Å². The van der Waals surface area contributed by atoms with Crippen LogP contribution in [0.25, 0.3) is 0 Å². The average molecular weight is 1250 g/mol. The van der Waals surface area contributed by atoms with E-state index >= 15 is 0 Å². The molecule has 5 aliphatic heterocycles. The molecule has 5 aromatic carbocycles. The third kappa shape index (κ3) is 13.8. The SMILES string of the molecule is COc1cc2c(cc1OCc1cncc(COc3cc4c(cc3OC)C(=O)N3Cc5ccccc5C[C@H]3C(O)N4C(=O)OCc3ccc(NC(=O)[C@H](C)NC(=O)[C@@H](NC(=O)CCCCCN4C(=O)C=CC4=O)C(C)C)cc3)c1)N=C[C@@H]1Cc3ccccc3CN1C2=O. The summed E-state index contributed by atoms with van der Waals surface area (Å²) in [4.78, 5) is 121. The minimum Gasteiger partial charge on any atom is -0.493 e. The summed E-state index contributed by atoms with van der Waals surface area (Å²) in [5, 5.41) is 20.6. The molecule has 23 heteroatoms. The van der Waals surface area contributed by atoms with Crippen molar-refractivity contribution in [2.45, 2.75) is 123 Å². The lowest BCUT2D eigenvalue weighted by molar-refractivity contribution is -0.137. The van der Waals surface area contributed by atoms with Crippen molar-refractivity contribution in [1.29, 1.82) is 0 Å². The molecule has 1 unspecified atom stereocenters. The van der Waals surface area contributed by atoms with Gasteiger partial charge in [-0.25, -0.2) is 9.69 Å². The second-order valence-electron chi connectivity index (χ2n) is 23.6. The van der Waals surface area contributed by atoms with Gasteiger partial charge in [0, 0.05) is 85.8 Å². The Morgan fingerprint density at radius 2 is 1.25 bits per heavy atom. The highest BCUT2D eigenvalue weighted by molar-refractivity contribution is 6.13. The maximum atomic E-state index is 14.8. The van der Waals surface area contributed by atoms with Crippen molar-refractivity contribution in [2.75, 3.05) is 31.0 Å². The van der Waals surface area contributed by atoms with Crippen LogP contribution in [-0.4, -0.2) is 130 Å². The standard InChI is InChI=1S/C69H71N9O14/c1-40(2)63(74-60(79)17-7-6-12-24-75-61(80)22-23-62(75)81)65(83)72-41(3)64(82)73-49-20-18-42(19-21-49)37-92-69(87)78-54-31-59(57(89-5)29-52(54)67(85)77-36-48-16-11-9-14-46(48)27-55(77)68(78)86)91-39-44-25-43(32-70-33-44)38-90-58-30-53-51(28-56(58)88-4)66(84)76-35-47-15-10-8-13-45(47)26-50(76)34-71-53/h8-11,13-16,18-23,25,28-34,40-41,50,55,63,68,86H,6-7,12,17,24,26-27,35-39H2,1-5H3,(H,72,83)(H,73,82)(H,74,79)/t41-,50-,55-,63-,68?/m0/s1. The Morgan fingerprint density at radius 3 is 1.90 bits per heavy atom. The lowest BCUT2D eigenvalue weighted by atomic mass is 9.93. The molecular formula is C69H71N9O14. The predicted octanol–water partition coefficient (Wildman–Crippen LogP) is 7.65. The largest absolute Gasteiger partial charge is 0.493 e. The first-order valence-electron chi connectivity index (χ1n) is 30.5. The fourth-order valence-electron chi connectivity index (χ4n) is 11.9. The molecule has 5 aliphatic rings. The Bertz CT molecular complexity index is 3910. The van der Waals surface area contributed by atoms with E-state index in [0.29, 0.717) is 77.4 Å². The highest BCUT2D eigenvalue weighted by Crippen LogP contribution is 2.43. The van der Waals surface area contributed by atoms with Gasteiger partial charge in [-0.1, -0.05) is 80.9 Å². The van der Waals surface area contributed by atoms with Crippen LogP contribution in [0.5, 0.6) is 23.0 Å². The number of aromatic nitrogens is 1. The van der Waals surface area contributed by atoms with Crippen LogP contribution in [-0.2, 0) is 74.5 Å². The molecule has 92 heavy (non-hydrogen) atoms. The monoisotopic (exact) mass is 1250 g/mol. The number of anilines is 2. The van der Waals surface area contributed by atoms with Crippen molar-refractivity contribution in [3.63, 3.8) is 0 Å². The van der Waals surface area contributed by atoms with Gasteiger partial charge in [0.05, 0.1) is 48.8 Å². The van der Waals surface area contributed by atoms with Crippen LogP contribution in [0.3, 0.4) is 0 Å². The quantitative estimate of drug-likeness (QED) is 0.0375. The first kappa shape index (κ1) is 63.2. The van der Waals surface area contributed by atoms with E-state index in [-0.39, 0.29) is 104 Å². The summed E-state index contributed by atoms with van der Waals surface area (Å²) in [6, 6.07) is 27.3. The lowest BCUT2D eigenvalue weighted by Gasteiger charge is -2.39. The second kappa shape index (κ2) is 27.8. The third-order valence-electron chi connectivity index (χ3n) is 17.0. The first-order valence-corrected chi connectivity index (χ1v) is 30.5. The maximum Gasteiger partial charge on any atom is 0.416 e. The van der Waals surface area contributed by atoms with E-state index in [4.69, 9.17) is 28.7 Å². The number of pyridine rings is 1. The summed E-state index contributed by atoms with van der Waals surface area (Å²) >= 11 is 0. The molecule has 6 aromatic rings. The van der Waals surface area contributed by atoms with Gasteiger partial charge in [-0.3, -0.25) is 48.4 Å². The summed E-state index contributed by atoms with van der Waals surface area (Å²) in [6.07, 6.45) is 7.60. The normalized spacial score (nSPS) is 17.6. The van der Waals surface area contributed by atoms with Crippen LogP contribution in [0.2, 0.25) is 0 Å². The van der Waals surface area contributed by atoms with Crippen LogP contribution in [0.4, 0.5) is 21.9 Å². The molecule has 0 fully saturated rings. The second-order valence-corrected chi connectivity index (χ2v) is 23.6. The maximum absolute atomic E-state index is 14.8.